The predicted octanol–water partition coefficient (Wildman–Crippen LogP) is 2.13. The summed E-state index contributed by atoms with van der Waals surface area (Å²) in [7, 11) is 0. The summed E-state index contributed by atoms with van der Waals surface area (Å²) in [5, 5.41) is 0. The van der Waals surface area contributed by atoms with Gasteiger partial charge in [0, 0.05) is 6.42 Å². The first-order chi connectivity index (χ1) is 9.61. The van der Waals surface area contributed by atoms with E-state index in [1.807, 2.05) is 30.6 Å². The Morgan fingerprint density at radius 2 is 1.85 bits per heavy atom. The van der Waals surface area contributed by atoms with E-state index >= 15 is 0 Å². The highest BCUT2D eigenvalue weighted by Gasteiger charge is 2.12. The summed E-state index contributed by atoms with van der Waals surface area (Å²) in [6, 6.07) is 9.07. The first-order valence-electron chi connectivity index (χ1n) is 6.30. The van der Waals surface area contributed by atoms with E-state index in [0.717, 1.165) is 5.56 Å². The molecule has 1 amide bonds. The molecule has 0 bridgehead atoms. The average molecular weight is 279 g/mol. The van der Waals surface area contributed by atoms with Gasteiger partial charge in [-0.2, -0.15) is 0 Å². The minimum Gasteiger partial charge on any atom is -0.443 e. The van der Waals surface area contributed by atoms with E-state index < -0.39 is 12.1 Å². The second kappa shape index (κ2) is 8.68. The summed E-state index contributed by atoms with van der Waals surface area (Å²) >= 11 is 0. The third-order valence-electron chi connectivity index (χ3n) is 2.33. The highest BCUT2D eigenvalue weighted by molar-refractivity contribution is 5.95. The van der Waals surface area contributed by atoms with E-state index in [1.54, 1.807) is 12.1 Å². The highest BCUT2D eigenvalue weighted by atomic mass is 16.7. The number of ether oxygens (including phenoxy) is 1. The number of benzene rings is 1. The lowest BCUT2D eigenvalue weighted by atomic mass is 10.2. The molecule has 0 saturated heterocycles. The van der Waals surface area contributed by atoms with Crippen molar-refractivity contribution in [1.82, 2.24) is 5.48 Å². The van der Waals surface area contributed by atoms with Crippen LogP contribution in [0.1, 0.15) is 31.7 Å². The van der Waals surface area contributed by atoms with Gasteiger partial charge >= 0.3 is 12.1 Å². The zero-order valence-corrected chi connectivity index (χ0v) is 11.3. The number of rotatable bonds is 6. The Balaban J connectivity index is 2.19. The van der Waals surface area contributed by atoms with Gasteiger partial charge in [0.15, 0.2) is 0 Å². The van der Waals surface area contributed by atoms with Gasteiger partial charge in [0.1, 0.15) is 18.8 Å². The highest BCUT2D eigenvalue weighted by Crippen LogP contribution is 2.00. The quantitative estimate of drug-likeness (QED) is 0.637. The van der Waals surface area contributed by atoms with Crippen molar-refractivity contribution in [3.05, 3.63) is 35.9 Å². The molecule has 1 N–H and O–H groups in total. The number of amides is 1. The molecule has 0 aliphatic heterocycles. The van der Waals surface area contributed by atoms with Gasteiger partial charge in [0.2, 0.25) is 0 Å². The summed E-state index contributed by atoms with van der Waals surface area (Å²) in [5.41, 5.74) is 2.65. The van der Waals surface area contributed by atoms with E-state index in [2.05, 4.69) is 4.84 Å². The van der Waals surface area contributed by atoms with Crippen LogP contribution in [0.5, 0.6) is 0 Å². The maximum absolute atomic E-state index is 11.2. The maximum Gasteiger partial charge on any atom is 0.441 e. The molecule has 0 atom stereocenters. The SMILES string of the molecule is CCCC(=O)CC(=O)ONC(=O)OCc1ccccc1. The molecule has 0 radical (unpaired) electrons. The monoisotopic (exact) mass is 279 g/mol. The van der Waals surface area contributed by atoms with Gasteiger partial charge in [0.05, 0.1) is 0 Å². The normalized spacial score (nSPS) is 9.65. The zero-order valence-electron chi connectivity index (χ0n) is 11.3. The van der Waals surface area contributed by atoms with Crippen LogP contribution in [0.3, 0.4) is 0 Å². The fourth-order valence-electron chi connectivity index (χ4n) is 1.42. The molecule has 0 heterocycles. The molecule has 20 heavy (non-hydrogen) atoms. The molecular formula is C14H17NO5. The first-order valence-corrected chi connectivity index (χ1v) is 6.30. The van der Waals surface area contributed by atoms with Crippen LogP contribution in [-0.2, 0) is 25.8 Å². The molecule has 0 aromatic heterocycles. The third-order valence-corrected chi connectivity index (χ3v) is 2.33. The lowest BCUT2D eigenvalue weighted by Gasteiger charge is -2.06. The summed E-state index contributed by atoms with van der Waals surface area (Å²) in [6.45, 7) is 1.90. The lowest BCUT2D eigenvalue weighted by molar-refractivity contribution is -0.151. The van der Waals surface area contributed by atoms with Crippen molar-refractivity contribution in [3.8, 4) is 0 Å². The molecule has 1 rings (SSSR count). The molecule has 108 valence electrons. The van der Waals surface area contributed by atoms with Crippen LogP contribution < -0.4 is 5.48 Å². The molecular weight excluding hydrogens is 262 g/mol. The van der Waals surface area contributed by atoms with Crippen LogP contribution >= 0.6 is 0 Å². The number of nitrogens with one attached hydrogen (secondary N) is 1. The van der Waals surface area contributed by atoms with Crippen molar-refractivity contribution in [3.63, 3.8) is 0 Å². The molecule has 0 fully saturated rings. The van der Waals surface area contributed by atoms with Crippen LogP contribution in [0.15, 0.2) is 30.3 Å². The van der Waals surface area contributed by atoms with E-state index in [9.17, 15) is 14.4 Å². The van der Waals surface area contributed by atoms with Crippen molar-refractivity contribution >= 4 is 17.8 Å². The van der Waals surface area contributed by atoms with Crippen LogP contribution in [0.25, 0.3) is 0 Å². The van der Waals surface area contributed by atoms with Gasteiger partial charge in [-0.1, -0.05) is 37.3 Å². The second-order valence-electron chi connectivity index (χ2n) is 4.10. The van der Waals surface area contributed by atoms with Crippen LogP contribution in [0.2, 0.25) is 0 Å². The topological polar surface area (TPSA) is 81.7 Å². The average Bonchev–Trinajstić information content (AvgIpc) is 2.44. The number of hydrogen-bond acceptors (Lipinski definition) is 5. The van der Waals surface area contributed by atoms with Gasteiger partial charge in [-0.05, 0) is 12.0 Å². The number of carbonyl (C=O) groups is 3. The van der Waals surface area contributed by atoms with E-state index in [0.29, 0.717) is 12.8 Å². The minimum absolute atomic E-state index is 0.0684. The largest absolute Gasteiger partial charge is 0.443 e. The molecule has 0 aliphatic rings. The van der Waals surface area contributed by atoms with E-state index in [4.69, 9.17) is 4.74 Å². The molecule has 6 nitrogen and oxygen atoms in total. The van der Waals surface area contributed by atoms with Crippen molar-refractivity contribution < 1.29 is 24.0 Å². The number of hydroxylamine groups is 1. The van der Waals surface area contributed by atoms with Gasteiger partial charge < -0.3 is 9.57 Å². The van der Waals surface area contributed by atoms with Gasteiger partial charge in [-0.15, -0.1) is 5.48 Å². The number of hydrogen-bond donors (Lipinski definition) is 1. The molecule has 6 heteroatoms. The van der Waals surface area contributed by atoms with Crippen molar-refractivity contribution in [2.45, 2.75) is 32.8 Å². The Labute approximate surface area is 117 Å². The third kappa shape index (κ3) is 6.53. The molecule has 0 saturated carbocycles. The van der Waals surface area contributed by atoms with Gasteiger partial charge in [0.25, 0.3) is 0 Å². The van der Waals surface area contributed by atoms with Gasteiger partial charge in [-0.25, -0.2) is 9.59 Å². The summed E-state index contributed by atoms with van der Waals surface area (Å²) in [5.74, 6) is -1.03. The lowest BCUT2D eigenvalue weighted by Crippen LogP contribution is -2.28. The number of carbonyl (C=O) groups excluding carboxylic acids is 3. The zero-order chi connectivity index (χ0) is 14.8. The van der Waals surface area contributed by atoms with Crippen LogP contribution in [0, 0.1) is 0 Å². The minimum atomic E-state index is -0.884. The smallest absolute Gasteiger partial charge is 0.441 e. The molecule has 0 unspecified atom stereocenters. The van der Waals surface area contributed by atoms with Gasteiger partial charge in [-0.3, -0.25) is 4.79 Å². The Bertz CT molecular complexity index is 458. The van der Waals surface area contributed by atoms with Crippen LogP contribution in [-0.4, -0.2) is 17.8 Å². The Kier molecular flexibility index (Phi) is 6.81. The molecule has 0 aliphatic carbocycles. The summed E-state index contributed by atoms with van der Waals surface area (Å²) < 4.78 is 4.82. The van der Waals surface area contributed by atoms with Crippen molar-refractivity contribution in [1.29, 1.82) is 0 Å². The molecule has 0 spiro atoms. The van der Waals surface area contributed by atoms with E-state index in [1.165, 1.54) is 0 Å². The standard InChI is InChI=1S/C14H17NO5/c1-2-6-12(16)9-13(17)20-15-14(18)19-10-11-7-4-3-5-8-11/h3-5,7-8H,2,6,9-10H2,1H3,(H,15,18). The number of ketones is 1. The van der Waals surface area contributed by atoms with Crippen LogP contribution in [0.4, 0.5) is 4.79 Å². The molecule has 1 aromatic carbocycles. The predicted molar refractivity (Wildman–Crippen MR) is 70.4 cm³/mol. The first kappa shape index (κ1) is 15.7. The van der Waals surface area contributed by atoms with Crippen molar-refractivity contribution in [2.75, 3.05) is 0 Å². The fraction of sp³-hybridized carbons (Fsp3) is 0.357. The Hall–Kier alpha value is -2.37. The Morgan fingerprint density at radius 3 is 2.50 bits per heavy atom. The maximum atomic E-state index is 11.2. The van der Waals surface area contributed by atoms with E-state index in [-0.39, 0.29) is 18.8 Å². The summed E-state index contributed by atoms with van der Waals surface area (Å²) in [6.07, 6.45) is -0.260. The molecule has 1 aromatic rings. The second-order valence-corrected chi connectivity index (χ2v) is 4.10. The summed E-state index contributed by atoms with van der Waals surface area (Å²) in [4.78, 5) is 38.0. The van der Waals surface area contributed by atoms with Crippen molar-refractivity contribution in [2.24, 2.45) is 0 Å². The Morgan fingerprint density at radius 1 is 1.15 bits per heavy atom. The fourth-order valence-corrected chi connectivity index (χ4v) is 1.42. The number of Topliss-reactive ketones (excluding diaryl/α,β-unsaturated/α-hetero) is 1.